The van der Waals surface area contributed by atoms with Crippen molar-refractivity contribution in [2.45, 2.75) is 31.7 Å². The van der Waals surface area contributed by atoms with Crippen molar-refractivity contribution in [1.82, 2.24) is 19.4 Å². The largest absolute Gasteiger partial charge is 0.317 e. The van der Waals surface area contributed by atoms with Crippen LogP contribution >= 0.6 is 0 Å². The zero-order valence-corrected chi connectivity index (χ0v) is 12.1. The van der Waals surface area contributed by atoms with Gasteiger partial charge in [0.1, 0.15) is 4.90 Å². The van der Waals surface area contributed by atoms with Gasteiger partial charge in [-0.1, -0.05) is 13.8 Å². The van der Waals surface area contributed by atoms with Gasteiger partial charge >= 0.3 is 0 Å². The Labute approximate surface area is 109 Å². The molecule has 18 heavy (non-hydrogen) atoms. The topological polar surface area (TPSA) is 67.2 Å². The van der Waals surface area contributed by atoms with Crippen LogP contribution in [0.15, 0.2) is 17.3 Å². The molecule has 0 saturated heterocycles. The molecule has 0 saturated carbocycles. The molecule has 1 aromatic rings. The number of sulfonamides is 1. The van der Waals surface area contributed by atoms with Crippen LogP contribution in [-0.4, -0.2) is 49.2 Å². The summed E-state index contributed by atoms with van der Waals surface area (Å²) in [7, 11) is -1.80. The molecule has 0 bridgehead atoms. The van der Waals surface area contributed by atoms with E-state index in [0.29, 0.717) is 6.54 Å². The highest BCUT2D eigenvalue weighted by Gasteiger charge is 2.20. The number of nitrogens with zero attached hydrogens (tertiary/aromatic N) is 3. The molecule has 0 amide bonds. The maximum atomic E-state index is 12.0. The lowest BCUT2D eigenvalue weighted by molar-refractivity contribution is 0.486. The van der Waals surface area contributed by atoms with E-state index in [1.165, 1.54) is 10.5 Å². The monoisotopic (exact) mass is 274 g/mol. The molecule has 0 unspecified atom stereocenters. The SMILES string of the molecule is CCNCCCn1cc(S(=O)(=O)N(C)CC)cn1. The van der Waals surface area contributed by atoms with Crippen LogP contribution in [0.1, 0.15) is 20.3 Å². The normalized spacial score (nSPS) is 12.2. The smallest absolute Gasteiger partial charge is 0.245 e. The fraction of sp³-hybridized carbons (Fsp3) is 0.727. The van der Waals surface area contributed by atoms with E-state index in [2.05, 4.69) is 17.3 Å². The maximum absolute atomic E-state index is 12.0. The molecule has 0 aliphatic rings. The zero-order chi connectivity index (χ0) is 13.6. The van der Waals surface area contributed by atoms with Gasteiger partial charge < -0.3 is 5.32 Å². The summed E-state index contributed by atoms with van der Waals surface area (Å²) in [5, 5.41) is 7.30. The third-order valence-electron chi connectivity index (χ3n) is 2.75. The fourth-order valence-electron chi connectivity index (χ4n) is 1.49. The summed E-state index contributed by atoms with van der Waals surface area (Å²) in [6, 6.07) is 0. The summed E-state index contributed by atoms with van der Waals surface area (Å²) in [6.45, 7) is 6.89. The summed E-state index contributed by atoms with van der Waals surface area (Å²) in [5.41, 5.74) is 0. The third-order valence-corrected chi connectivity index (χ3v) is 4.64. The number of aryl methyl sites for hydroxylation is 1. The second-order valence-electron chi connectivity index (χ2n) is 4.07. The Bertz CT molecular complexity index is 455. The van der Waals surface area contributed by atoms with Crippen LogP contribution < -0.4 is 5.32 Å². The highest BCUT2D eigenvalue weighted by molar-refractivity contribution is 7.89. The van der Waals surface area contributed by atoms with E-state index in [9.17, 15) is 8.42 Å². The van der Waals surface area contributed by atoms with E-state index in [1.807, 2.05) is 0 Å². The number of aromatic nitrogens is 2. The quantitative estimate of drug-likeness (QED) is 0.702. The van der Waals surface area contributed by atoms with Crippen molar-refractivity contribution in [2.75, 3.05) is 26.7 Å². The van der Waals surface area contributed by atoms with Gasteiger partial charge in [0.15, 0.2) is 0 Å². The molecule has 0 aromatic carbocycles. The minimum absolute atomic E-state index is 0.260. The van der Waals surface area contributed by atoms with E-state index in [4.69, 9.17) is 0 Å². The van der Waals surface area contributed by atoms with Crippen molar-refractivity contribution in [1.29, 1.82) is 0 Å². The minimum Gasteiger partial charge on any atom is -0.317 e. The molecule has 0 aliphatic carbocycles. The van der Waals surface area contributed by atoms with E-state index < -0.39 is 10.0 Å². The van der Waals surface area contributed by atoms with Gasteiger partial charge in [-0.15, -0.1) is 0 Å². The van der Waals surface area contributed by atoms with Crippen molar-refractivity contribution in [3.8, 4) is 0 Å². The summed E-state index contributed by atoms with van der Waals surface area (Å²) >= 11 is 0. The molecule has 0 spiro atoms. The van der Waals surface area contributed by atoms with Crippen molar-refractivity contribution in [3.05, 3.63) is 12.4 Å². The first kappa shape index (κ1) is 15.1. The Kier molecular flexibility index (Phi) is 5.77. The molecule has 1 heterocycles. The number of hydrogen-bond donors (Lipinski definition) is 1. The Morgan fingerprint density at radius 2 is 2.17 bits per heavy atom. The molecular formula is C11H22N4O2S. The van der Waals surface area contributed by atoms with E-state index in [1.54, 1.807) is 24.9 Å². The van der Waals surface area contributed by atoms with Gasteiger partial charge in [-0.3, -0.25) is 4.68 Å². The van der Waals surface area contributed by atoms with E-state index in [-0.39, 0.29) is 4.90 Å². The molecule has 7 heteroatoms. The summed E-state index contributed by atoms with van der Waals surface area (Å²) in [5.74, 6) is 0. The molecule has 0 aliphatic heterocycles. The average Bonchev–Trinajstić information content (AvgIpc) is 2.83. The summed E-state index contributed by atoms with van der Waals surface area (Å²) in [6.07, 6.45) is 3.93. The van der Waals surface area contributed by atoms with E-state index in [0.717, 1.165) is 26.1 Å². The van der Waals surface area contributed by atoms with Crippen molar-refractivity contribution in [2.24, 2.45) is 0 Å². The number of rotatable bonds is 8. The second kappa shape index (κ2) is 6.86. The third kappa shape index (κ3) is 3.79. The van der Waals surface area contributed by atoms with Gasteiger partial charge in [0.25, 0.3) is 0 Å². The van der Waals surface area contributed by atoms with Crippen molar-refractivity contribution >= 4 is 10.0 Å². The van der Waals surface area contributed by atoms with Crippen LogP contribution in [-0.2, 0) is 16.6 Å². The van der Waals surface area contributed by atoms with Gasteiger partial charge in [0, 0.05) is 26.3 Å². The van der Waals surface area contributed by atoms with Crippen molar-refractivity contribution < 1.29 is 8.42 Å². The zero-order valence-electron chi connectivity index (χ0n) is 11.3. The lowest BCUT2D eigenvalue weighted by Crippen LogP contribution is -2.26. The molecule has 104 valence electrons. The molecule has 1 N–H and O–H groups in total. The van der Waals surface area contributed by atoms with Crippen LogP contribution in [0.4, 0.5) is 0 Å². The molecule has 0 radical (unpaired) electrons. The van der Waals surface area contributed by atoms with Gasteiger partial charge in [0.05, 0.1) is 6.20 Å². The van der Waals surface area contributed by atoms with Crippen LogP contribution in [0, 0.1) is 0 Å². The molecule has 1 rings (SSSR count). The second-order valence-corrected chi connectivity index (χ2v) is 6.11. The van der Waals surface area contributed by atoms with Gasteiger partial charge in [-0.25, -0.2) is 12.7 Å². The Morgan fingerprint density at radius 1 is 1.44 bits per heavy atom. The highest BCUT2D eigenvalue weighted by Crippen LogP contribution is 2.12. The summed E-state index contributed by atoms with van der Waals surface area (Å²) in [4.78, 5) is 0.260. The predicted octanol–water partition coefficient (Wildman–Crippen LogP) is 0.523. The lowest BCUT2D eigenvalue weighted by Gasteiger charge is -2.12. The van der Waals surface area contributed by atoms with Crippen LogP contribution in [0.2, 0.25) is 0 Å². The standard InChI is InChI=1S/C11H22N4O2S/c1-4-12-7-6-8-15-10-11(9-13-15)18(16,17)14(3)5-2/h9-10,12H,4-8H2,1-3H3. The molecule has 1 aromatic heterocycles. The highest BCUT2D eigenvalue weighted by atomic mass is 32.2. The molecular weight excluding hydrogens is 252 g/mol. The predicted molar refractivity (Wildman–Crippen MR) is 70.9 cm³/mol. The first-order chi connectivity index (χ1) is 8.52. The van der Waals surface area contributed by atoms with Crippen LogP contribution in [0.5, 0.6) is 0 Å². The Hall–Kier alpha value is -0.920. The van der Waals surface area contributed by atoms with Crippen molar-refractivity contribution in [3.63, 3.8) is 0 Å². The van der Waals surface area contributed by atoms with Gasteiger partial charge in [0.2, 0.25) is 10.0 Å². The summed E-state index contributed by atoms with van der Waals surface area (Å²) < 4.78 is 27.0. The molecule has 0 fully saturated rings. The van der Waals surface area contributed by atoms with Crippen LogP contribution in [0.25, 0.3) is 0 Å². The van der Waals surface area contributed by atoms with Crippen LogP contribution in [0.3, 0.4) is 0 Å². The number of hydrogen-bond acceptors (Lipinski definition) is 4. The molecule has 6 nitrogen and oxygen atoms in total. The minimum atomic E-state index is -3.37. The average molecular weight is 274 g/mol. The van der Waals surface area contributed by atoms with Gasteiger partial charge in [-0.2, -0.15) is 5.10 Å². The lowest BCUT2D eigenvalue weighted by atomic mass is 10.4. The fourth-order valence-corrected chi connectivity index (χ4v) is 2.63. The Balaban J connectivity index is 2.63. The Morgan fingerprint density at radius 3 is 2.78 bits per heavy atom. The molecule has 0 atom stereocenters. The number of nitrogens with one attached hydrogen (secondary N) is 1. The van der Waals surface area contributed by atoms with Gasteiger partial charge in [-0.05, 0) is 19.5 Å². The maximum Gasteiger partial charge on any atom is 0.245 e. The first-order valence-corrected chi connectivity index (χ1v) is 7.65. The van der Waals surface area contributed by atoms with E-state index >= 15 is 0 Å². The first-order valence-electron chi connectivity index (χ1n) is 6.21.